The molecule has 3 nitrogen and oxygen atoms in total. The van der Waals surface area contributed by atoms with Gasteiger partial charge in [-0.2, -0.15) is 10.2 Å². The van der Waals surface area contributed by atoms with Crippen molar-refractivity contribution in [2.75, 3.05) is 7.05 Å². The van der Waals surface area contributed by atoms with Crippen LogP contribution < -0.4 is 0 Å². The van der Waals surface area contributed by atoms with E-state index in [0.717, 1.165) is 21.8 Å². The average Bonchev–Trinajstić information content (AvgIpc) is 2.85. The van der Waals surface area contributed by atoms with Crippen molar-refractivity contribution in [2.24, 2.45) is 10.2 Å². The summed E-state index contributed by atoms with van der Waals surface area (Å²) in [6, 6.07) is 14.3. The second-order valence-corrected chi connectivity index (χ2v) is 5.32. The topological polar surface area (TPSA) is 37.6 Å². The van der Waals surface area contributed by atoms with Gasteiger partial charge >= 0.3 is 0 Å². The van der Waals surface area contributed by atoms with E-state index in [2.05, 4.69) is 35.4 Å². The minimum atomic E-state index is 0.864. The number of hydrogen-bond acceptors (Lipinski definition) is 4. The maximum atomic E-state index is 4.72. The molecule has 0 N–H and O–H groups in total. The van der Waals surface area contributed by atoms with Crippen molar-refractivity contribution in [3.05, 3.63) is 48.0 Å². The molecule has 0 bridgehead atoms. The summed E-state index contributed by atoms with van der Waals surface area (Å²) in [6.45, 7) is 2.09. The fraction of sp³-hybridized carbons (Fsp3) is 0.133. The number of azo groups is 1. The number of hydrogen-bond donors (Lipinski definition) is 0. The molecule has 0 atom stereocenters. The van der Waals surface area contributed by atoms with Gasteiger partial charge in [0.15, 0.2) is 0 Å². The molecule has 0 spiro atoms. The van der Waals surface area contributed by atoms with E-state index in [1.165, 1.54) is 10.3 Å². The number of aryl methyl sites for hydroxylation is 1. The Bertz CT molecular complexity index is 742. The van der Waals surface area contributed by atoms with Crippen molar-refractivity contribution in [3.63, 3.8) is 0 Å². The minimum Gasteiger partial charge on any atom is -0.236 e. The van der Waals surface area contributed by atoms with Crippen molar-refractivity contribution in [1.29, 1.82) is 0 Å². The average molecular weight is 267 g/mol. The minimum absolute atomic E-state index is 0.864. The van der Waals surface area contributed by atoms with E-state index in [-0.39, 0.29) is 0 Å². The lowest BCUT2D eigenvalue weighted by Crippen LogP contribution is -1.77. The first kappa shape index (κ1) is 12.0. The van der Waals surface area contributed by atoms with Crippen LogP contribution in [0.25, 0.3) is 20.8 Å². The molecule has 0 amide bonds. The summed E-state index contributed by atoms with van der Waals surface area (Å²) in [6.07, 6.45) is 0. The maximum absolute atomic E-state index is 4.72. The highest BCUT2D eigenvalue weighted by Gasteiger charge is 2.07. The van der Waals surface area contributed by atoms with Crippen LogP contribution in [-0.4, -0.2) is 12.0 Å². The number of fused-ring (bicyclic) bond motifs is 1. The Labute approximate surface area is 115 Å². The third-order valence-electron chi connectivity index (χ3n) is 2.95. The van der Waals surface area contributed by atoms with Gasteiger partial charge in [0.2, 0.25) is 0 Å². The van der Waals surface area contributed by atoms with Crippen LogP contribution in [0.2, 0.25) is 0 Å². The van der Waals surface area contributed by atoms with Crippen molar-refractivity contribution < 1.29 is 0 Å². The van der Waals surface area contributed by atoms with Crippen LogP contribution in [0, 0.1) is 6.92 Å². The Morgan fingerprint density at radius 2 is 1.84 bits per heavy atom. The summed E-state index contributed by atoms with van der Waals surface area (Å²) in [5.74, 6) is 0. The predicted molar refractivity (Wildman–Crippen MR) is 80.2 cm³/mol. The van der Waals surface area contributed by atoms with E-state index in [1.807, 2.05) is 24.3 Å². The Morgan fingerprint density at radius 3 is 2.53 bits per heavy atom. The summed E-state index contributed by atoms with van der Waals surface area (Å²) in [5, 5.41) is 8.82. The fourth-order valence-corrected chi connectivity index (χ4v) is 3.04. The van der Waals surface area contributed by atoms with E-state index >= 15 is 0 Å². The molecule has 1 heterocycles. The normalized spacial score (nSPS) is 11.5. The third-order valence-corrected chi connectivity index (χ3v) is 4.02. The zero-order valence-corrected chi connectivity index (χ0v) is 11.6. The molecule has 0 saturated carbocycles. The highest BCUT2D eigenvalue weighted by molar-refractivity contribution is 7.21. The first-order valence-electron chi connectivity index (χ1n) is 6.04. The highest BCUT2D eigenvalue weighted by Crippen LogP contribution is 2.32. The summed E-state index contributed by atoms with van der Waals surface area (Å²) < 4.78 is 1.23. The van der Waals surface area contributed by atoms with Crippen molar-refractivity contribution >= 4 is 27.2 Å². The van der Waals surface area contributed by atoms with Gasteiger partial charge in [0.1, 0.15) is 5.01 Å². The molecule has 94 valence electrons. The monoisotopic (exact) mass is 267 g/mol. The molecule has 0 fully saturated rings. The molecule has 0 saturated heterocycles. The van der Waals surface area contributed by atoms with Crippen LogP contribution in [-0.2, 0) is 0 Å². The molecular formula is C15H13N3S. The standard InChI is InChI=1S/C15H13N3S/c1-10-4-3-5-13-14(10)17-15(19-13)11-6-8-12(9-7-11)18-16-2/h3-9H,1-2H3/b18-16+. The van der Waals surface area contributed by atoms with E-state index in [1.54, 1.807) is 18.4 Å². The molecule has 0 aliphatic rings. The lowest BCUT2D eigenvalue weighted by Gasteiger charge is -1.96. The summed E-state index contributed by atoms with van der Waals surface area (Å²) >= 11 is 1.72. The first-order valence-corrected chi connectivity index (χ1v) is 6.86. The Morgan fingerprint density at radius 1 is 1.05 bits per heavy atom. The lowest BCUT2D eigenvalue weighted by molar-refractivity contribution is 1.17. The maximum Gasteiger partial charge on any atom is 0.124 e. The summed E-state index contributed by atoms with van der Waals surface area (Å²) in [5.41, 5.74) is 4.30. The zero-order valence-electron chi connectivity index (χ0n) is 10.8. The van der Waals surface area contributed by atoms with Gasteiger partial charge in [-0.1, -0.05) is 12.1 Å². The predicted octanol–water partition coefficient (Wildman–Crippen LogP) is 4.99. The Hall–Kier alpha value is -2.07. The molecule has 0 radical (unpaired) electrons. The van der Waals surface area contributed by atoms with E-state index in [4.69, 9.17) is 4.98 Å². The second kappa shape index (κ2) is 4.90. The van der Waals surface area contributed by atoms with Crippen LogP contribution in [0.3, 0.4) is 0 Å². The molecule has 19 heavy (non-hydrogen) atoms. The van der Waals surface area contributed by atoms with Crippen LogP contribution in [0.1, 0.15) is 5.56 Å². The van der Waals surface area contributed by atoms with Gasteiger partial charge in [-0.05, 0) is 42.8 Å². The van der Waals surface area contributed by atoms with Gasteiger partial charge in [0, 0.05) is 12.6 Å². The highest BCUT2D eigenvalue weighted by atomic mass is 32.1. The van der Waals surface area contributed by atoms with Gasteiger partial charge in [0.05, 0.1) is 15.9 Å². The van der Waals surface area contributed by atoms with Crippen LogP contribution in [0.5, 0.6) is 0 Å². The third kappa shape index (κ3) is 2.27. The van der Waals surface area contributed by atoms with Crippen molar-refractivity contribution in [3.8, 4) is 10.6 Å². The molecule has 3 rings (SSSR count). The van der Waals surface area contributed by atoms with Gasteiger partial charge < -0.3 is 0 Å². The fourth-order valence-electron chi connectivity index (χ4n) is 2.00. The zero-order chi connectivity index (χ0) is 13.2. The Kier molecular flexibility index (Phi) is 3.09. The lowest BCUT2D eigenvalue weighted by atomic mass is 10.2. The number of rotatable bonds is 2. The van der Waals surface area contributed by atoms with Gasteiger partial charge in [-0.3, -0.25) is 0 Å². The van der Waals surface area contributed by atoms with Crippen LogP contribution in [0.15, 0.2) is 52.7 Å². The van der Waals surface area contributed by atoms with Gasteiger partial charge in [0.25, 0.3) is 0 Å². The van der Waals surface area contributed by atoms with E-state index < -0.39 is 0 Å². The smallest absolute Gasteiger partial charge is 0.124 e. The second-order valence-electron chi connectivity index (χ2n) is 4.29. The molecule has 1 aromatic heterocycles. The SMILES string of the molecule is C/N=N/c1ccc(-c2nc3c(C)cccc3s2)cc1. The molecule has 2 aromatic carbocycles. The van der Waals surface area contributed by atoms with Gasteiger partial charge in [-0.25, -0.2) is 4.98 Å². The molecular weight excluding hydrogens is 254 g/mol. The number of aromatic nitrogens is 1. The number of thiazole rings is 1. The van der Waals surface area contributed by atoms with Crippen LogP contribution >= 0.6 is 11.3 Å². The number of para-hydroxylation sites is 1. The molecule has 0 unspecified atom stereocenters. The van der Waals surface area contributed by atoms with E-state index in [0.29, 0.717) is 0 Å². The molecule has 0 aliphatic carbocycles. The summed E-state index contributed by atoms with van der Waals surface area (Å²) in [4.78, 5) is 4.72. The Balaban J connectivity index is 2.06. The number of nitrogens with zero attached hydrogens (tertiary/aromatic N) is 3. The van der Waals surface area contributed by atoms with Crippen molar-refractivity contribution in [2.45, 2.75) is 6.92 Å². The molecule has 0 aliphatic heterocycles. The van der Waals surface area contributed by atoms with Crippen molar-refractivity contribution in [1.82, 2.24) is 4.98 Å². The molecule has 4 heteroatoms. The first-order chi connectivity index (χ1) is 9.28. The van der Waals surface area contributed by atoms with Crippen LogP contribution in [0.4, 0.5) is 5.69 Å². The summed E-state index contributed by atoms with van der Waals surface area (Å²) in [7, 11) is 1.67. The number of benzene rings is 2. The van der Waals surface area contributed by atoms with Gasteiger partial charge in [-0.15, -0.1) is 11.3 Å². The molecule has 3 aromatic rings. The van der Waals surface area contributed by atoms with E-state index in [9.17, 15) is 0 Å². The quantitative estimate of drug-likeness (QED) is 0.603. The largest absolute Gasteiger partial charge is 0.236 e.